The van der Waals surface area contributed by atoms with Crippen LogP contribution >= 0.6 is 15.9 Å². The molecule has 2 aromatic carbocycles. The van der Waals surface area contributed by atoms with Crippen molar-refractivity contribution in [3.8, 4) is 0 Å². The first-order valence-electron chi connectivity index (χ1n) is 9.54. The van der Waals surface area contributed by atoms with Crippen LogP contribution in [0.25, 0.3) is 0 Å². The molecule has 0 N–H and O–H groups in total. The van der Waals surface area contributed by atoms with Crippen LogP contribution in [-0.2, 0) is 10.2 Å². The molecule has 0 aromatic heterocycles. The van der Waals surface area contributed by atoms with Gasteiger partial charge in [-0.15, -0.1) is 0 Å². The number of hydrogen-bond donors (Lipinski definition) is 0. The Hall–Kier alpha value is -1.81. The first-order valence-corrected chi connectivity index (χ1v) is 10.3. The van der Waals surface area contributed by atoms with E-state index >= 15 is 0 Å². The molecule has 1 aliphatic rings. The lowest BCUT2D eigenvalue weighted by Crippen LogP contribution is -2.38. The first kappa shape index (κ1) is 19.9. The first-order chi connectivity index (χ1) is 12.7. The van der Waals surface area contributed by atoms with Gasteiger partial charge in [-0.1, -0.05) is 65.3 Å². The number of hydrogen-bond acceptors (Lipinski definition) is 2. The third kappa shape index (κ3) is 4.21. The largest absolute Gasteiger partial charge is 0.444 e. The molecular weight excluding hydrogens is 402 g/mol. The Morgan fingerprint density at radius 3 is 2.33 bits per heavy atom. The zero-order chi connectivity index (χ0) is 19.7. The molecule has 1 fully saturated rings. The predicted molar refractivity (Wildman–Crippen MR) is 113 cm³/mol. The molecule has 1 aliphatic heterocycles. The van der Waals surface area contributed by atoms with E-state index in [1.165, 1.54) is 11.1 Å². The molecule has 0 spiro atoms. The van der Waals surface area contributed by atoms with Crippen LogP contribution in [0, 0.1) is 0 Å². The Bertz CT molecular complexity index is 782. The topological polar surface area (TPSA) is 29.5 Å². The minimum absolute atomic E-state index is 0.119. The summed E-state index contributed by atoms with van der Waals surface area (Å²) in [5.74, 6) is 0.227. The van der Waals surface area contributed by atoms with Crippen molar-refractivity contribution in [2.45, 2.75) is 51.0 Å². The molecule has 0 radical (unpaired) electrons. The normalized spacial score (nSPS) is 22.7. The van der Waals surface area contributed by atoms with Crippen molar-refractivity contribution in [3.63, 3.8) is 0 Å². The van der Waals surface area contributed by atoms with Crippen LogP contribution in [-0.4, -0.2) is 29.7 Å². The number of nitrogens with zero attached hydrogens (tertiary/aromatic N) is 1. The predicted octanol–water partition coefficient (Wildman–Crippen LogP) is 6.13. The molecule has 0 aliphatic carbocycles. The van der Waals surface area contributed by atoms with Crippen molar-refractivity contribution >= 4 is 22.0 Å². The molecule has 3 nitrogen and oxygen atoms in total. The van der Waals surface area contributed by atoms with Gasteiger partial charge in [0.05, 0.1) is 0 Å². The van der Waals surface area contributed by atoms with Crippen LogP contribution in [0.2, 0.25) is 0 Å². The third-order valence-electron chi connectivity index (χ3n) is 5.45. The number of halogens is 1. The molecule has 2 aromatic rings. The molecule has 1 amide bonds. The molecule has 3 rings (SSSR count). The minimum Gasteiger partial charge on any atom is -0.444 e. The van der Waals surface area contributed by atoms with Gasteiger partial charge in [0, 0.05) is 28.9 Å². The number of amides is 1. The highest BCUT2D eigenvalue weighted by Crippen LogP contribution is 2.48. The zero-order valence-electron chi connectivity index (χ0n) is 16.5. The lowest BCUT2D eigenvalue weighted by atomic mass is 9.68. The fraction of sp³-hybridized carbons (Fsp3) is 0.435. The smallest absolute Gasteiger partial charge is 0.410 e. The molecule has 2 atom stereocenters. The third-order valence-corrected chi connectivity index (χ3v) is 5.98. The van der Waals surface area contributed by atoms with Crippen molar-refractivity contribution in [2.24, 2.45) is 0 Å². The van der Waals surface area contributed by atoms with Gasteiger partial charge < -0.3 is 9.64 Å². The van der Waals surface area contributed by atoms with E-state index in [1.54, 1.807) is 0 Å². The van der Waals surface area contributed by atoms with Crippen molar-refractivity contribution in [3.05, 3.63) is 70.2 Å². The van der Waals surface area contributed by atoms with Gasteiger partial charge in [-0.2, -0.15) is 0 Å². The number of ether oxygens (including phenoxy) is 1. The van der Waals surface area contributed by atoms with Gasteiger partial charge in [0.2, 0.25) is 0 Å². The van der Waals surface area contributed by atoms with Crippen molar-refractivity contribution in [1.29, 1.82) is 0 Å². The maximum atomic E-state index is 12.8. The monoisotopic (exact) mass is 429 g/mol. The molecule has 4 heteroatoms. The number of carbonyl (C=O) groups excluding carboxylic acids is 1. The Morgan fingerprint density at radius 2 is 1.78 bits per heavy atom. The summed E-state index contributed by atoms with van der Waals surface area (Å²) in [4.78, 5) is 14.7. The second-order valence-corrected chi connectivity index (χ2v) is 9.26. The molecule has 0 bridgehead atoms. The fourth-order valence-corrected chi connectivity index (χ4v) is 4.38. The maximum Gasteiger partial charge on any atom is 0.410 e. The second kappa shape index (κ2) is 7.67. The highest BCUT2D eigenvalue weighted by atomic mass is 79.9. The highest BCUT2D eigenvalue weighted by molar-refractivity contribution is 9.10. The van der Waals surface area contributed by atoms with E-state index in [1.807, 2.05) is 31.7 Å². The molecule has 0 unspecified atom stereocenters. The van der Waals surface area contributed by atoms with Gasteiger partial charge in [-0.3, -0.25) is 0 Å². The van der Waals surface area contributed by atoms with Crippen LogP contribution < -0.4 is 0 Å². The van der Waals surface area contributed by atoms with Crippen LogP contribution in [0.1, 0.15) is 51.2 Å². The van der Waals surface area contributed by atoms with Gasteiger partial charge in [0.15, 0.2) is 0 Å². The summed E-state index contributed by atoms with van der Waals surface area (Å²) < 4.78 is 6.74. The summed E-state index contributed by atoms with van der Waals surface area (Å²) in [6, 6.07) is 19.1. The van der Waals surface area contributed by atoms with Gasteiger partial charge in [0.25, 0.3) is 0 Å². The van der Waals surface area contributed by atoms with Crippen LogP contribution in [0.15, 0.2) is 59.1 Å². The summed E-state index contributed by atoms with van der Waals surface area (Å²) in [6.07, 6.45) is 0.729. The van der Waals surface area contributed by atoms with Crippen LogP contribution in [0.5, 0.6) is 0 Å². The molecule has 1 saturated heterocycles. The lowest BCUT2D eigenvalue weighted by molar-refractivity contribution is 0.0282. The molecule has 144 valence electrons. The van der Waals surface area contributed by atoms with E-state index in [9.17, 15) is 4.79 Å². The Morgan fingerprint density at radius 1 is 1.15 bits per heavy atom. The van der Waals surface area contributed by atoms with Gasteiger partial charge in [-0.05, 0) is 50.5 Å². The standard InChI is InChI=1S/C23H28BrNO2/c1-5-23(18-9-7-6-8-10-18)16-25(21(26)27-22(2,3)4)15-20(23)17-11-13-19(24)14-12-17/h6-14,20H,5,15-16H2,1-4H3/t20-,23+/m0/s1. The lowest BCUT2D eigenvalue weighted by Gasteiger charge is -2.34. The quantitative estimate of drug-likeness (QED) is 0.586. The Kier molecular flexibility index (Phi) is 5.66. The summed E-state index contributed by atoms with van der Waals surface area (Å²) in [5.41, 5.74) is 1.93. The van der Waals surface area contributed by atoms with E-state index in [2.05, 4.69) is 71.4 Å². The fourth-order valence-electron chi connectivity index (χ4n) is 4.12. The summed E-state index contributed by atoms with van der Waals surface area (Å²) in [6.45, 7) is 9.30. The Balaban J connectivity index is 2.01. The second-order valence-electron chi connectivity index (χ2n) is 8.34. The maximum absolute atomic E-state index is 12.8. The number of likely N-dealkylation sites (tertiary alicyclic amines) is 1. The van der Waals surface area contributed by atoms with Gasteiger partial charge >= 0.3 is 6.09 Å². The summed E-state index contributed by atoms with van der Waals surface area (Å²) >= 11 is 3.53. The molecule has 0 saturated carbocycles. The number of carbonyl (C=O) groups is 1. The Labute approximate surface area is 170 Å². The van der Waals surface area contributed by atoms with Crippen LogP contribution in [0.4, 0.5) is 4.79 Å². The van der Waals surface area contributed by atoms with Gasteiger partial charge in [0.1, 0.15) is 5.60 Å². The van der Waals surface area contributed by atoms with E-state index in [0.29, 0.717) is 13.1 Å². The average molecular weight is 430 g/mol. The van der Waals surface area contributed by atoms with E-state index in [4.69, 9.17) is 4.74 Å². The summed E-state index contributed by atoms with van der Waals surface area (Å²) in [5, 5.41) is 0. The van der Waals surface area contributed by atoms with E-state index < -0.39 is 5.60 Å². The number of benzene rings is 2. The van der Waals surface area contributed by atoms with E-state index in [-0.39, 0.29) is 17.4 Å². The highest BCUT2D eigenvalue weighted by Gasteiger charge is 2.49. The zero-order valence-corrected chi connectivity index (χ0v) is 18.1. The molecule has 27 heavy (non-hydrogen) atoms. The van der Waals surface area contributed by atoms with E-state index in [0.717, 1.165) is 10.9 Å². The van der Waals surface area contributed by atoms with Gasteiger partial charge in [-0.25, -0.2) is 4.79 Å². The van der Waals surface area contributed by atoms with Crippen LogP contribution in [0.3, 0.4) is 0 Å². The van der Waals surface area contributed by atoms with Crippen molar-refractivity contribution in [2.75, 3.05) is 13.1 Å². The average Bonchev–Trinajstić information content (AvgIpc) is 3.03. The minimum atomic E-state index is -0.492. The molecular formula is C23H28BrNO2. The molecule has 1 heterocycles. The van der Waals surface area contributed by atoms with Crippen molar-refractivity contribution in [1.82, 2.24) is 4.90 Å². The summed E-state index contributed by atoms with van der Waals surface area (Å²) in [7, 11) is 0. The SMILES string of the molecule is CC[C@]1(c2ccccc2)CN(C(=O)OC(C)(C)C)C[C@H]1c1ccc(Br)cc1. The number of rotatable bonds is 3. The van der Waals surface area contributed by atoms with Crippen molar-refractivity contribution < 1.29 is 9.53 Å².